The van der Waals surface area contributed by atoms with Crippen LogP contribution in [0.3, 0.4) is 0 Å². The summed E-state index contributed by atoms with van der Waals surface area (Å²) in [6.07, 6.45) is 2.37. The Bertz CT molecular complexity index is 403. The predicted octanol–water partition coefficient (Wildman–Crippen LogP) is 1.49. The highest BCUT2D eigenvalue weighted by molar-refractivity contribution is 5.76. The zero-order valence-electron chi connectivity index (χ0n) is 10.4. The predicted molar refractivity (Wildman–Crippen MR) is 68.7 cm³/mol. The van der Waals surface area contributed by atoms with Crippen LogP contribution < -0.4 is 5.73 Å². The van der Waals surface area contributed by atoms with Gasteiger partial charge in [0.1, 0.15) is 0 Å². The van der Waals surface area contributed by atoms with Crippen LogP contribution in [-0.2, 0) is 11.2 Å². The summed E-state index contributed by atoms with van der Waals surface area (Å²) < 4.78 is 0. The molecule has 1 fully saturated rings. The summed E-state index contributed by atoms with van der Waals surface area (Å²) >= 11 is 0. The minimum atomic E-state index is 0.178. The number of carbonyl (C=O) groups is 1. The van der Waals surface area contributed by atoms with E-state index in [2.05, 4.69) is 19.1 Å². The van der Waals surface area contributed by atoms with Crippen molar-refractivity contribution in [1.29, 1.82) is 0 Å². The molecule has 1 unspecified atom stereocenters. The van der Waals surface area contributed by atoms with E-state index in [0.29, 0.717) is 6.42 Å². The molecule has 0 saturated carbocycles. The molecule has 2 N–H and O–H groups in total. The standard InChI is InChI=1S/C14H20N2O/c1-11-4-2-3-5-12(11)6-7-14(17)16-9-8-13(15)10-16/h2-5,13H,6-10,15H2,1H3. The third-order valence-corrected chi connectivity index (χ3v) is 3.45. The molecule has 0 spiro atoms. The summed E-state index contributed by atoms with van der Waals surface area (Å²) in [6, 6.07) is 8.42. The molecule has 1 amide bonds. The van der Waals surface area contributed by atoms with E-state index in [0.717, 1.165) is 25.9 Å². The Morgan fingerprint density at radius 2 is 2.24 bits per heavy atom. The van der Waals surface area contributed by atoms with Gasteiger partial charge >= 0.3 is 0 Å². The summed E-state index contributed by atoms with van der Waals surface area (Å²) in [5, 5.41) is 0. The van der Waals surface area contributed by atoms with Crippen LogP contribution in [0.2, 0.25) is 0 Å². The second-order valence-corrected chi connectivity index (χ2v) is 4.81. The number of amides is 1. The van der Waals surface area contributed by atoms with Crippen LogP contribution in [0, 0.1) is 6.92 Å². The Hall–Kier alpha value is -1.35. The Kier molecular flexibility index (Phi) is 3.79. The fourth-order valence-electron chi connectivity index (χ4n) is 2.30. The molecule has 1 aromatic rings. The zero-order valence-corrected chi connectivity index (χ0v) is 10.4. The molecule has 1 atom stereocenters. The summed E-state index contributed by atoms with van der Waals surface area (Å²) in [5.41, 5.74) is 8.33. The highest BCUT2D eigenvalue weighted by atomic mass is 16.2. The highest BCUT2D eigenvalue weighted by Crippen LogP contribution is 2.13. The first-order valence-electron chi connectivity index (χ1n) is 6.24. The molecule has 0 bridgehead atoms. The van der Waals surface area contributed by atoms with Crippen molar-refractivity contribution in [2.45, 2.75) is 32.2 Å². The summed E-state index contributed by atoms with van der Waals surface area (Å²) in [6.45, 7) is 3.64. The molecule has 0 radical (unpaired) electrons. The smallest absolute Gasteiger partial charge is 0.222 e. The SMILES string of the molecule is Cc1ccccc1CCC(=O)N1CCC(N)C1. The van der Waals surface area contributed by atoms with E-state index >= 15 is 0 Å². The first-order valence-corrected chi connectivity index (χ1v) is 6.24. The molecule has 0 aromatic heterocycles. The van der Waals surface area contributed by atoms with Crippen LogP contribution in [0.1, 0.15) is 24.0 Å². The number of nitrogens with two attached hydrogens (primary N) is 1. The maximum absolute atomic E-state index is 11.9. The van der Waals surface area contributed by atoms with Gasteiger partial charge < -0.3 is 10.6 Å². The molecule has 1 heterocycles. The van der Waals surface area contributed by atoms with E-state index in [1.54, 1.807) is 0 Å². The van der Waals surface area contributed by atoms with Gasteiger partial charge in [-0.25, -0.2) is 0 Å². The largest absolute Gasteiger partial charge is 0.341 e. The van der Waals surface area contributed by atoms with Gasteiger partial charge in [0, 0.05) is 25.6 Å². The molecule has 1 aromatic carbocycles. The second-order valence-electron chi connectivity index (χ2n) is 4.81. The molecule has 1 aliphatic heterocycles. The topological polar surface area (TPSA) is 46.3 Å². The quantitative estimate of drug-likeness (QED) is 0.858. The number of hydrogen-bond donors (Lipinski definition) is 1. The van der Waals surface area contributed by atoms with Crippen molar-refractivity contribution < 1.29 is 4.79 Å². The van der Waals surface area contributed by atoms with Crippen LogP contribution in [-0.4, -0.2) is 29.9 Å². The molecule has 1 saturated heterocycles. The van der Waals surface area contributed by atoms with E-state index in [9.17, 15) is 4.79 Å². The van der Waals surface area contributed by atoms with E-state index in [4.69, 9.17) is 5.73 Å². The Morgan fingerprint density at radius 1 is 1.47 bits per heavy atom. The lowest BCUT2D eigenvalue weighted by atomic mass is 10.0. The molecule has 1 aliphatic rings. The summed E-state index contributed by atoms with van der Waals surface area (Å²) in [7, 11) is 0. The van der Waals surface area contributed by atoms with E-state index < -0.39 is 0 Å². The van der Waals surface area contributed by atoms with E-state index in [-0.39, 0.29) is 11.9 Å². The van der Waals surface area contributed by atoms with E-state index in [1.165, 1.54) is 11.1 Å². The average Bonchev–Trinajstić information content (AvgIpc) is 2.74. The van der Waals surface area contributed by atoms with Crippen molar-refractivity contribution in [2.75, 3.05) is 13.1 Å². The molecule has 0 aliphatic carbocycles. The number of nitrogens with zero attached hydrogens (tertiary/aromatic N) is 1. The number of rotatable bonds is 3. The van der Waals surface area contributed by atoms with Crippen molar-refractivity contribution in [2.24, 2.45) is 5.73 Å². The van der Waals surface area contributed by atoms with Gasteiger partial charge in [-0.05, 0) is 30.9 Å². The maximum Gasteiger partial charge on any atom is 0.222 e. The Balaban J connectivity index is 1.86. The van der Waals surface area contributed by atoms with Gasteiger partial charge in [-0.15, -0.1) is 0 Å². The molecule has 92 valence electrons. The van der Waals surface area contributed by atoms with Gasteiger partial charge in [-0.3, -0.25) is 4.79 Å². The monoisotopic (exact) mass is 232 g/mol. The van der Waals surface area contributed by atoms with Crippen LogP contribution in [0.5, 0.6) is 0 Å². The van der Waals surface area contributed by atoms with Gasteiger partial charge in [-0.2, -0.15) is 0 Å². The first kappa shape index (κ1) is 12.1. The number of benzene rings is 1. The molecular weight excluding hydrogens is 212 g/mol. The van der Waals surface area contributed by atoms with Gasteiger partial charge in [-0.1, -0.05) is 24.3 Å². The van der Waals surface area contributed by atoms with Crippen molar-refractivity contribution >= 4 is 5.91 Å². The first-order chi connectivity index (χ1) is 8.16. The van der Waals surface area contributed by atoms with Crippen LogP contribution in [0.25, 0.3) is 0 Å². The van der Waals surface area contributed by atoms with Crippen LogP contribution in [0.4, 0.5) is 0 Å². The number of hydrogen-bond acceptors (Lipinski definition) is 2. The van der Waals surface area contributed by atoms with Crippen molar-refractivity contribution in [3.8, 4) is 0 Å². The fourth-order valence-corrected chi connectivity index (χ4v) is 2.30. The summed E-state index contributed by atoms with van der Waals surface area (Å²) in [4.78, 5) is 13.8. The maximum atomic E-state index is 11.9. The Labute approximate surface area is 103 Å². The number of likely N-dealkylation sites (tertiary alicyclic amines) is 1. The van der Waals surface area contributed by atoms with Gasteiger partial charge in [0.2, 0.25) is 5.91 Å². The van der Waals surface area contributed by atoms with Gasteiger partial charge in [0.05, 0.1) is 0 Å². The zero-order chi connectivity index (χ0) is 12.3. The lowest BCUT2D eigenvalue weighted by molar-refractivity contribution is -0.130. The lowest BCUT2D eigenvalue weighted by Crippen LogP contribution is -2.32. The highest BCUT2D eigenvalue weighted by Gasteiger charge is 2.22. The minimum Gasteiger partial charge on any atom is -0.341 e. The number of carbonyl (C=O) groups excluding carboxylic acids is 1. The molecule has 3 nitrogen and oxygen atoms in total. The number of aryl methyl sites for hydroxylation is 2. The van der Waals surface area contributed by atoms with Gasteiger partial charge in [0.25, 0.3) is 0 Å². The van der Waals surface area contributed by atoms with Gasteiger partial charge in [0.15, 0.2) is 0 Å². The molecule has 17 heavy (non-hydrogen) atoms. The average molecular weight is 232 g/mol. The third-order valence-electron chi connectivity index (χ3n) is 3.45. The third kappa shape index (κ3) is 3.07. The van der Waals surface area contributed by atoms with Crippen molar-refractivity contribution in [1.82, 2.24) is 4.90 Å². The normalized spacial score (nSPS) is 19.6. The lowest BCUT2D eigenvalue weighted by Gasteiger charge is -2.15. The molecule has 3 heteroatoms. The van der Waals surface area contributed by atoms with Crippen LogP contribution in [0.15, 0.2) is 24.3 Å². The van der Waals surface area contributed by atoms with Crippen molar-refractivity contribution in [3.05, 3.63) is 35.4 Å². The van der Waals surface area contributed by atoms with E-state index in [1.807, 2.05) is 17.0 Å². The molecule has 2 rings (SSSR count). The minimum absolute atomic E-state index is 0.178. The van der Waals surface area contributed by atoms with Crippen molar-refractivity contribution in [3.63, 3.8) is 0 Å². The van der Waals surface area contributed by atoms with Crippen LogP contribution >= 0.6 is 0 Å². The Morgan fingerprint density at radius 3 is 2.88 bits per heavy atom. The second kappa shape index (κ2) is 5.32. The summed E-state index contributed by atoms with van der Waals surface area (Å²) in [5.74, 6) is 0.237. The molecular formula is C14H20N2O. The fraction of sp³-hybridized carbons (Fsp3) is 0.500.